The molecule has 1 aliphatic rings. The number of carbonyl (C=O) groups is 1. The molecule has 7 nitrogen and oxygen atoms in total. The van der Waals surface area contributed by atoms with E-state index in [1.54, 1.807) is 0 Å². The van der Waals surface area contributed by atoms with Crippen LogP contribution < -0.4 is 19.9 Å². The van der Waals surface area contributed by atoms with Crippen LogP contribution in [0.15, 0.2) is 60.1 Å². The molecule has 150 valence electrons. The van der Waals surface area contributed by atoms with Gasteiger partial charge in [0.2, 0.25) is 0 Å². The number of nitrogens with zero attached hydrogens (tertiary/aromatic N) is 4. The number of thiazole rings is 1. The van der Waals surface area contributed by atoms with Crippen molar-refractivity contribution in [2.24, 2.45) is 0 Å². The van der Waals surface area contributed by atoms with Gasteiger partial charge in [-0.2, -0.15) is 0 Å². The summed E-state index contributed by atoms with van der Waals surface area (Å²) in [5, 5.41) is 5.56. The first-order valence-electron chi connectivity index (χ1n) is 9.62. The Hall–Kier alpha value is -3.13. The summed E-state index contributed by atoms with van der Waals surface area (Å²) in [6, 6.07) is 15.5. The number of para-hydroxylation sites is 1. The standard InChI is InChI=1S/C21H23N5O2S/c27-20(23-10-15-28-17-6-2-1-3-7-17)18-16-29-21(24-18)26-13-11-25(12-14-26)19-8-4-5-9-22-19/h1-9,16H,10-15H2,(H,23,27). The minimum Gasteiger partial charge on any atom is -0.492 e. The maximum absolute atomic E-state index is 12.3. The predicted molar refractivity (Wildman–Crippen MR) is 115 cm³/mol. The summed E-state index contributed by atoms with van der Waals surface area (Å²) >= 11 is 1.51. The Kier molecular flexibility index (Phi) is 6.21. The van der Waals surface area contributed by atoms with Gasteiger partial charge in [0.05, 0.1) is 6.54 Å². The second kappa shape index (κ2) is 9.38. The summed E-state index contributed by atoms with van der Waals surface area (Å²) in [5.41, 5.74) is 0.455. The highest BCUT2D eigenvalue weighted by atomic mass is 32.1. The Morgan fingerprint density at radius 1 is 1.03 bits per heavy atom. The van der Waals surface area contributed by atoms with Crippen molar-refractivity contribution in [3.63, 3.8) is 0 Å². The lowest BCUT2D eigenvalue weighted by Crippen LogP contribution is -2.46. The van der Waals surface area contributed by atoms with Gasteiger partial charge in [0.25, 0.3) is 5.91 Å². The molecular weight excluding hydrogens is 386 g/mol. The maximum atomic E-state index is 12.3. The van der Waals surface area contributed by atoms with Crippen LogP contribution in [0.2, 0.25) is 0 Å². The average molecular weight is 410 g/mol. The van der Waals surface area contributed by atoms with E-state index in [-0.39, 0.29) is 5.91 Å². The predicted octanol–water partition coefficient (Wildman–Crippen LogP) is 2.67. The third-order valence-corrected chi connectivity index (χ3v) is 5.55. The highest BCUT2D eigenvalue weighted by Crippen LogP contribution is 2.23. The maximum Gasteiger partial charge on any atom is 0.270 e. The van der Waals surface area contributed by atoms with Gasteiger partial charge in [-0.3, -0.25) is 4.79 Å². The van der Waals surface area contributed by atoms with Crippen LogP contribution in [0.4, 0.5) is 10.9 Å². The molecule has 3 aromatic rings. The molecule has 3 heterocycles. The summed E-state index contributed by atoms with van der Waals surface area (Å²) in [6.45, 7) is 4.33. The summed E-state index contributed by atoms with van der Waals surface area (Å²) in [6.07, 6.45) is 1.82. The van der Waals surface area contributed by atoms with Crippen molar-refractivity contribution in [3.05, 3.63) is 65.8 Å². The fourth-order valence-corrected chi connectivity index (χ4v) is 3.98. The van der Waals surface area contributed by atoms with Gasteiger partial charge in [0, 0.05) is 37.8 Å². The zero-order valence-corrected chi connectivity index (χ0v) is 16.8. The van der Waals surface area contributed by atoms with E-state index in [4.69, 9.17) is 4.74 Å². The molecule has 8 heteroatoms. The Labute approximate surface area is 174 Å². The van der Waals surface area contributed by atoms with E-state index >= 15 is 0 Å². The van der Waals surface area contributed by atoms with E-state index in [2.05, 4.69) is 25.1 Å². The molecule has 0 unspecified atom stereocenters. The van der Waals surface area contributed by atoms with Crippen molar-refractivity contribution in [1.82, 2.24) is 15.3 Å². The summed E-state index contributed by atoms with van der Waals surface area (Å²) < 4.78 is 5.59. The molecule has 0 spiro atoms. The van der Waals surface area contributed by atoms with Crippen LogP contribution in [0, 0.1) is 0 Å². The number of piperazine rings is 1. The second-order valence-corrected chi connectivity index (χ2v) is 7.43. The highest BCUT2D eigenvalue weighted by Gasteiger charge is 2.21. The molecule has 1 N–H and O–H groups in total. The molecule has 0 bridgehead atoms. The van der Waals surface area contributed by atoms with E-state index in [1.807, 2.05) is 60.1 Å². The molecule has 29 heavy (non-hydrogen) atoms. The van der Waals surface area contributed by atoms with Crippen molar-refractivity contribution in [2.45, 2.75) is 0 Å². The van der Waals surface area contributed by atoms with E-state index in [0.717, 1.165) is 42.9 Å². The van der Waals surface area contributed by atoms with Gasteiger partial charge in [-0.25, -0.2) is 9.97 Å². The molecule has 2 aromatic heterocycles. The number of pyridine rings is 1. The fourth-order valence-electron chi connectivity index (χ4n) is 3.12. The first-order valence-corrected chi connectivity index (χ1v) is 10.5. The first kappa shape index (κ1) is 19.2. The number of rotatable bonds is 7. The molecule has 0 atom stereocenters. The molecular formula is C21H23N5O2S. The smallest absolute Gasteiger partial charge is 0.270 e. The molecule has 1 aromatic carbocycles. The number of ether oxygens (including phenoxy) is 1. The van der Waals surface area contributed by atoms with E-state index < -0.39 is 0 Å². The minimum absolute atomic E-state index is 0.170. The van der Waals surface area contributed by atoms with Gasteiger partial charge in [-0.1, -0.05) is 24.3 Å². The second-order valence-electron chi connectivity index (χ2n) is 6.59. The van der Waals surface area contributed by atoms with Gasteiger partial charge < -0.3 is 19.9 Å². The number of aromatic nitrogens is 2. The van der Waals surface area contributed by atoms with Crippen LogP contribution in [-0.4, -0.2) is 55.2 Å². The van der Waals surface area contributed by atoms with Gasteiger partial charge in [0.15, 0.2) is 5.13 Å². The lowest BCUT2D eigenvalue weighted by Gasteiger charge is -2.35. The van der Waals surface area contributed by atoms with Crippen LogP contribution in [0.5, 0.6) is 5.75 Å². The van der Waals surface area contributed by atoms with Gasteiger partial charge >= 0.3 is 0 Å². The quantitative estimate of drug-likeness (QED) is 0.605. The number of benzene rings is 1. The van der Waals surface area contributed by atoms with Gasteiger partial charge in [-0.15, -0.1) is 11.3 Å². The minimum atomic E-state index is -0.170. The number of hydrogen-bond donors (Lipinski definition) is 1. The first-order chi connectivity index (χ1) is 14.3. The van der Waals surface area contributed by atoms with Crippen LogP contribution in [0.25, 0.3) is 0 Å². The fraction of sp³-hybridized carbons (Fsp3) is 0.286. The number of nitrogens with one attached hydrogen (secondary N) is 1. The zero-order valence-electron chi connectivity index (χ0n) is 16.0. The van der Waals surface area contributed by atoms with E-state index in [1.165, 1.54) is 11.3 Å². The Morgan fingerprint density at radius 2 is 1.79 bits per heavy atom. The molecule has 1 amide bonds. The van der Waals surface area contributed by atoms with Gasteiger partial charge in [-0.05, 0) is 24.3 Å². The number of hydrogen-bond acceptors (Lipinski definition) is 7. The largest absolute Gasteiger partial charge is 0.492 e. The molecule has 0 aliphatic carbocycles. The molecule has 0 radical (unpaired) electrons. The number of anilines is 2. The molecule has 1 fully saturated rings. The zero-order chi connectivity index (χ0) is 19.9. The Morgan fingerprint density at radius 3 is 2.55 bits per heavy atom. The molecule has 4 rings (SSSR count). The normalized spacial score (nSPS) is 13.9. The van der Waals surface area contributed by atoms with E-state index in [0.29, 0.717) is 18.8 Å². The Balaban J connectivity index is 1.23. The monoisotopic (exact) mass is 409 g/mol. The van der Waals surface area contributed by atoms with Crippen molar-refractivity contribution in [2.75, 3.05) is 49.1 Å². The van der Waals surface area contributed by atoms with Crippen LogP contribution >= 0.6 is 11.3 Å². The SMILES string of the molecule is O=C(NCCOc1ccccc1)c1csc(N2CCN(c3ccccn3)CC2)n1. The van der Waals surface area contributed by atoms with E-state index in [9.17, 15) is 4.79 Å². The van der Waals surface area contributed by atoms with Crippen molar-refractivity contribution >= 4 is 28.2 Å². The van der Waals surface area contributed by atoms with Crippen molar-refractivity contribution in [3.8, 4) is 5.75 Å². The summed E-state index contributed by atoms with van der Waals surface area (Å²) in [7, 11) is 0. The van der Waals surface area contributed by atoms with Crippen LogP contribution in [0.3, 0.4) is 0 Å². The van der Waals surface area contributed by atoms with Gasteiger partial charge in [0.1, 0.15) is 23.9 Å². The van der Waals surface area contributed by atoms with Crippen LogP contribution in [0.1, 0.15) is 10.5 Å². The topological polar surface area (TPSA) is 70.6 Å². The third kappa shape index (κ3) is 5.03. The molecule has 0 saturated carbocycles. The summed E-state index contributed by atoms with van der Waals surface area (Å²) in [5.74, 6) is 1.63. The third-order valence-electron chi connectivity index (χ3n) is 4.65. The lowest BCUT2D eigenvalue weighted by atomic mass is 10.3. The lowest BCUT2D eigenvalue weighted by molar-refractivity contribution is 0.0942. The van der Waals surface area contributed by atoms with Crippen molar-refractivity contribution < 1.29 is 9.53 Å². The number of amides is 1. The Bertz CT molecular complexity index is 911. The molecule has 1 saturated heterocycles. The highest BCUT2D eigenvalue weighted by molar-refractivity contribution is 7.13. The van der Waals surface area contributed by atoms with Crippen LogP contribution in [-0.2, 0) is 0 Å². The van der Waals surface area contributed by atoms with Crippen molar-refractivity contribution in [1.29, 1.82) is 0 Å². The number of carbonyl (C=O) groups excluding carboxylic acids is 1. The summed E-state index contributed by atoms with van der Waals surface area (Å²) in [4.78, 5) is 25.8. The average Bonchev–Trinajstić information content (AvgIpc) is 3.29. The molecule has 1 aliphatic heterocycles.